The van der Waals surface area contributed by atoms with Crippen LogP contribution >= 0.6 is 0 Å². The van der Waals surface area contributed by atoms with E-state index in [1.54, 1.807) is 0 Å². The van der Waals surface area contributed by atoms with Crippen LogP contribution < -0.4 is 0 Å². The Hall–Kier alpha value is -1.03. The van der Waals surface area contributed by atoms with Gasteiger partial charge in [0.15, 0.2) is 0 Å². The van der Waals surface area contributed by atoms with Gasteiger partial charge in [-0.25, -0.2) is 4.79 Å². The van der Waals surface area contributed by atoms with Crippen molar-refractivity contribution in [3.05, 3.63) is 12.7 Å². The van der Waals surface area contributed by atoms with Gasteiger partial charge in [0.1, 0.15) is 0 Å². The van der Waals surface area contributed by atoms with Crippen LogP contribution in [0.3, 0.4) is 0 Å². The highest BCUT2D eigenvalue weighted by Gasteiger charge is 2.20. The van der Waals surface area contributed by atoms with Gasteiger partial charge in [0.25, 0.3) is 0 Å². The molecule has 1 atom stereocenters. The molecular formula is C7H12O4. The topological polar surface area (TPSA) is 70.1 Å². The van der Waals surface area contributed by atoms with Gasteiger partial charge in [0.05, 0.1) is 12.7 Å². The summed E-state index contributed by atoms with van der Waals surface area (Å²) in [4.78, 5) is 8.56. The number of carboxylic acid groups (broad SMARTS) is 2. The van der Waals surface area contributed by atoms with E-state index >= 15 is 0 Å². The fourth-order valence-corrected chi connectivity index (χ4v) is 0.538. The Balaban J connectivity index is 0.000000218. The van der Waals surface area contributed by atoms with Gasteiger partial charge in [0.2, 0.25) is 0 Å². The highest BCUT2D eigenvalue weighted by Crippen LogP contribution is 2.14. The van der Waals surface area contributed by atoms with Gasteiger partial charge in [0, 0.05) is 0 Å². The lowest BCUT2D eigenvalue weighted by Gasteiger charge is -1.82. The lowest BCUT2D eigenvalue weighted by Crippen LogP contribution is -1.81. The molecule has 1 rings (SSSR count). The van der Waals surface area contributed by atoms with Crippen molar-refractivity contribution in [2.24, 2.45) is 0 Å². The maximum Gasteiger partial charge on any atom is 0.503 e. The molecule has 0 aromatic carbocycles. The van der Waals surface area contributed by atoms with E-state index in [0.29, 0.717) is 6.10 Å². The van der Waals surface area contributed by atoms with Gasteiger partial charge in [-0.05, 0) is 12.8 Å². The standard InChI is InChI=1S/C6H10O.CH2O3/c1-2-3-4-6-5-7-6;2-1(3)4/h2,6H,1,3-5H2;(H2,2,3,4). The molecule has 1 heterocycles. The lowest BCUT2D eigenvalue weighted by molar-refractivity contribution is 0.137. The van der Waals surface area contributed by atoms with Crippen molar-refractivity contribution < 1.29 is 19.7 Å². The maximum absolute atomic E-state index is 8.56. The molecule has 0 radical (unpaired) electrons. The minimum Gasteiger partial charge on any atom is -0.450 e. The molecule has 1 aliphatic heterocycles. The molecule has 2 N–H and O–H groups in total. The van der Waals surface area contributed by atoms with Crippen molar-refractivity contribution in [3.8, 4) is 0 Å². The van der Waals surface area contributed by atoms with Gasteiger partial charge >= 0.3 is 6.16 Å². The van der Waals surface area contributed by atoms with E-state index < -0.39 is 6.16 Å². The zero-order chi connectivity index (χ0) is 8.69. The minimum absolute atomic E-state index is 0.581. The van der Waals surface area contributed by atoms with Crippen LogP contribution in [0.4, 0.5) is 4.79 Å². The predicted octanol–water partition coefficient (Wildman–Crippen LogP) is 1.57. The third-order valence-corrected chi connectivity index (χ3v) is 1.10. The maximum atomic E-state index is 8.56. The molecule has 0 aromatic rings. The molecule has 11 heavy (non-hydrogen) atoms. The van der Waals surface area contributed by atoms with Crippen molar-refractivity contribution in [1.82, 2.24) is 0 Å². The molecule has 1 unspecified atom stereocenters. The van der Waals surface area contributed by atoms with E-state index in [1.165, 1.54) is 6.42 Å². The second-order valence-corrected chi connectivity index (χ2v) is 2.10. The molecule has 0 bridgehead atoms. The number of epoxide rings is 1. The van der Waals surface area contributed by atoms with Crippen molar-refractivity contribution in [1.29, 1.82) is 0 Å². The molecular weight excluding hydrogens is 148 g/mol. The predicted molar refractivity (Wildman–Crippen MR) is 39.8 cm³/mol. The average molecular weight is 160 g/mol. The summed E-state index contributed by atoms with van der Waals surface area (Å²) < 4.78 is 4.96. The molecule has 0 aromatic heterocycles. The first-order valence-corrected chi connectivity index (χ1v) is 3.31. The van der Waals surface area contributed by atoms with Gasteiger partial charge in [-0.1, -0.05) is 6.08 Å². The molecule has 64 valence electrons. The molecule has 0 saturated carbocycles. The Bertz CT molecular complexity index is 124. The summed E-state index contributed by atoms with van der Waals surface area (Å²) in [5.41, 5.74) is 0. The Labute approximate surface area is 65.1 Å². The largest absolute Gasteiger partial charge is 0.503 e. The first kappa shape index (κ1) is 9.97. The normalized spacial score (nSPS) is 19.5. The van der Waals surface area contributed by atoms with Gasteiger partial charge in [-0.3, -0.25) is 0 Å². The van der Waals surface area contributed by atoms with E-state index in [4.69, 9.17) is 19.7 Å². The monoisotopic (exact) mass is 160 g/mol. The summed E-state index contributed by atoms with van der Waals surface area (Å²) in [6.45, 7) is 4.58. The van der Waals surface area contributed by atoms with Crippen LogP contribution in [0.1, 0.15) is 12.8 Å². The molecule has 4 nitrogen and oxygen atoms in total. The number of allylic oxidation sites excluding steroid dienone is 1. The number of rotatable bonds is 3. The highest BCUT2D eigenvalue weighted by molar-refractivity contribution is 5.53. The van der Waals surface area contributed by atoms with Crippen LogP contribution in [0.25, 0.3) is 0 Å². The molecule has 4 heteroatoms. The third-order valence-electron chi connectivity index (χ3n) is 1.10. The molecule has 1 aliphatic rings. The van der Waals surface area contributed by atoms with Gasteiger partial charge in [-0.15, -0.1) is 6.58 Å². The molecule has 0 amide bonds. The van der Waals surface area contributed by atoms with E-state index in [2.05, 4.69) is 6.58 Å². The van der Waals surface area contributed by atoms with Crippen LogP contribution in [-0.4, -0.2) is 29.1 Å². The van der Waals surface area contributed by atoms with Gasteiger partial charge < -0.3 is 14.9 Å². The number of ether oxygens (including phenoxy) is 1. The SMILES string of the molecule is C=CCCC1CO1.O=C(O)O. The van der Waals surface area contributed by atoms with E-state index in [1.807, 2.05) is 6.08 Å². The van der Waals surface area contributed by atoms with Crippen LogP contribution in [0, 0.1) is 0 Å². The fourth-order valence-electron chi connectivity index (χ4n) is 0.538. The zero-order valence-corrected chi connectivity index (χ0v) is 6.19. The average Bonchev–Trinajstić information content (AvgIpc) is 2.64. The Morgan fingerprint density at radius 3 is 2.45 bits per heavy atom. The number of carbonyl (C=O) groups is 1. The van der Waals surface area contributed by atoms with Crippen LogP contribution in [0.15, 0.2) is 12.7 Å². The Morgan fingerprint density at radius 2 is 2.18 bits per heavy atom. The molecule has 1 fully saturated rings. The van der Waals surface area contributed by atoms with Crippen LogP contribution in [0.2, 0.25) is 0 Å². The lowest BCUT2D eigenvalue weighted by atomic mass is 10.2. The second kappa shape index (κ2) is 5.73. The summed E-state index contributed by atoms with van der Waals surface area (Å²) in [7, 11) is 0. The molecule has 0 spiro atoms. The van der Waals surface area contributed by atoms with Crippen LogP contribution in [-0.2, 0) is 4.74 Å². The smallest absolute Gasteiger partial charge is 0.450 e. The summed E-state index contributed by atoms with van der Waals surface area (Å²) in [5, 5.41) is 13.9. The second-order valence-electron chi connectivity index (χ2n) is 2.10. The van der Waals surface area contributed by atoms with Crippen molar-refractivity contribution in [3.63, 3.8) is 0 Å². The van der Waals surface area contributed by atoms with Crippen molar-refractivity contribution in [2.45, 2.75) is 18.9 Å². The molecule has 0 aliphatic carbocycles. The van der Waals surface area contributed by atoms with E-state index in [0.717, 1.165) is 13.0 Å². The van der Waals surface area contributed by atoms with E-state index in [9.17, 15) is 0 Å². The minimum atomic E-state index is -1.83. The first-order chi connectivity index (χ1) is 5.16. The molecule has 1 saturated heterocycles. The Kier molecular flexibility index (Phi) is 5.20. The van der Waals surface area contributed by atoms with Gasteiger partial charge in [-0.2, -0.15) is 0 Å². The quantitative estimate of drug-likeness (QED) is 0.485. The van der Waals surface area contributed by atoms with Crippen molar-refractivity contribution >= 4 is 6.16 Å². The third kappa shape index (κ3) is 12.2. The number of hydrogen-bond donors (Lipinski definition) is 2. The number of hydrogen-bond acceptors (Lipinski definition) is 2. The fraction of sp³-hybridized carbons (Fsp3) is 0.571. The Morgan fingerprint density at radius 1 is 1.73 bits per heavy atom. The summed E-state index contributed by atoms with van der Waals surface area (Å²) in [6.07, 6.45) is 2.95. The highest BCUT2D eigenvalue weighted by atomic mass is 16.6. The van der Waals surface area contributed by atoms with Crippen molar-refractivity contribution in [2.75, 3.05) is 6.61 Å². The first-order valence-electron chi connectivity index (χ1n) is 3.31. The summed E-state index contributed by atoms with van der Waals surface area (Å²) in [6, 6.07) is 0. The van der Waals surface area contributed by atoms with Crippen LogP contribution in [0.5, 0.6) is 0 Å². The summed E-state index contributed by atoms with van der Waals surface area (Å²) >= 11 is 0. The van der Waals surface area contributed by atoms with E-state index in [-0.39, 0.29) is 0 Å². The summed E-state index contributed by atoms with van der Waals surface area (Å²) in [5.74, 6) is 0. The zero-order valence-electron chi connectivity index (χ0n) is 6.19.